The number of hydrogen-bond acceptors (Lipinski definition) is 5. The van der Waals surface area contributed by atoms with Crippen molar-refractivity contribution in [3.05, 3.63) is 95.8 Å². The summed E-state index contributed by atoms with van der Waals surface area (Å²) in [5.74, 6) is 0.000998. The minimum Gasteiger partial charge on any atom is -0.462 e. The molecule has 4 rings (SSSR count). The van der Waals surface area contributed by atoms with E-state index in [0.717, 1.165) is 16.3 Å². The van der Waals surface area contributed by atoms with E-state index >= 15 is 0 Å². The standard InChI is InChI=1S/C27H20N2O4/c1-2-32-27(31)20-12-10-19(11-13-20)25-15-14-22(33-25)16-21(17-28)26(30)29-24-9-5-7-18-6-3-4-8-23(18)24/h3-16H,2H2,1H3,(H,29,30). The molecule has 3 aromatic carbocycles. The minimum absolute atomic E-state index is 0.0820. The van der Waals surface area contributed by atoms with E-state index in [1.54, 1.807) is 49.4 Å². The molecule has 1 amide bonds. The number of nitrogens with zero attached hydrogens (tertiary/aromatic N) is 1. The maximum absolute atomic E-state index is 12.7. The number of anilines is 1. The van der Waals surface area contributed by atoms with Gasteiger partial charge in [-0.25, -0.2) is 4.79 Å². The Labute approximate surface area is 190 Å². The summed E-state index contributed by atoms with van der Waals surface area (Å²) in [6, 6.07) is 25.4. The number of hydrogen-bond donors (Lipinski definition) is 1. The number of amides is 1. The van der Waals surface area contributed by atoms with Crippen molar-refractivity contribution in [3.8, 4) is 17.4 Å². The van der Waals surface area contributed by atoms with Gasteiger partial charge in [-0.3, -0.25) is 4.79 Å². The number of fused-ring (bicyclic) bond motifs is 1. The average molecular weight is 436 g/mol. The summed E-state index contributed by atoms with van der Waals surface area (Å²) < 4.78 is 10.8. The van der Waals surface area contributed by atoms with Crippen molar-refractivity contribution in [1.29, 1.82) is 5.26 Å². The fourth-order valence-electron chi connectivity index (χ4n) is 3.39. The Kier molecular flexibility index (Phi) is 6.33. The zero-order chi connectivity index (χ0) is 23.2. The number of esters is 1. The number of ether oxygens (including phenoxy) is 1. The van der Waals surface area contributed by atoms with Crippen molar-refractivity contribution in [1.82, 2.24) is 0 Å². The Morgan fingerprint density at radius 2 is 1.76 bits per heavy atom. The molecule has 0 fully saturated rings. The first kappa shape index (κ1) is 21.6. The summed E-state index contributed by atoms with van der Waals surface area (Å²) in [6.07, 6.45) is 1.40. The minimum atomic E-state index is -0.523. The predicted octanol–water partition coefficient (Wildman–Crippen LogP) is 5.82. The van der Waals surface area contributed by atoms with Gasteiger partial charge in [-0.05, 0) is 42.6 Å². The van der Waals surface area contributed by atoms with Crippen LogP contribution in [0.1, 0.15) is 23.0 Å². The summed E-state index contributed by atoms with van der Waals surface area (Å²) in [6.45, 7) is 2.06. The van der Waals surface area contributed by atoms with Crippen LogP contribution in [0.5, 0.6) is 0 Å². The summed E-state index contributed by atoms with van der Waals surface area (Å²) in [4.78, 5) is 24.5. The first-order chi connectivity index (χ1) is 16.1. The molecule has 162 valence electrons. The van der Waals surface area contributed by atoms with E-state index < -0.39 is 5.91 Å². The fourth-order valence-corrected chi connectivity index (χ4v) is 3.39. The Balaban J connectivity index is 1.53. The molecule has 33 heavy (non-hydrogen) atoms. The molecule has 0 spiro atoms. The number of rotatable bonds is 6. The van der Waals surface area contributed by atoms with Gasteiger partial charge in [0, 0.05) is 22.7 Å². The largest absolute Gasteiger partial charge is 0.462 e. The van der Waals surface area contributed by atoms with Crippen LogP contribution in [-0.2, 0) is 9.53 Å². The van der Waals surface area contributed by atoms with Crippen LogP contribution in [0.2, 0.25) is 0 Å². The van der Waals surface area contributed by atoms with Gasteiger partial charge < -0.3 is 14.5 Å². The van der Waals surface area contributed by atoms with E-state index in [1.165, 1.54) is 6.08 Å². The normalized spacial score (nSPS) is 11.1. The summed E-state index contributed by atoms with van der Waals surface area (Å²) >= 11 is 0. The predicted molar refractivity (Wildman–Crippen MR) is 126 cm³/mol. The van der Waals surface area contributed by atoms with Crippen LogP contribution >= 0.6 is 0 Å². The Bertz CT molecular complexity index is 1390. The lowest BCUT2D eigenvalue weighted by molar-refractivity contribution is -0.112. The van der Waals surface area contributed by atoms with Crippen molar-refractivity contribution in [2.45, 2.75) is 6.92 Å². The maximum atomic E-state index is 12.7. The number of nitrogens with one attached hydrogen (secondary N) is 1. The zero-order valence-electron chi connectivity index (χ0n) is 17.9. The summed E-state index contributed by atoms with van der Waals surface area (Å²) in [5, 5.41) is 14.2. The molecule has 6 heteroatoms. The Morgan fingerprint density at radius 1 is 1.00 bits per heavy atom. The number of nitriles is 1. The molecule has 0 radical (unpaired) electrons. The van der Waals surface area contributed by atoms with Gasteiger partial charge in [0.15, 0.2) is 0 Å². The van der Waals surface area contributed by atoms with Crippen LogP contribution in [0.25, 0.3) is 28.2 Å². The Morgan fingerprint density at radius 3 is 2.52 bits per heavy atom. The van der Waals surface area contributed by atoms with Gasteiger partial charge in [-0.2, -0.15) is 5.26 Å². The van der Waals surface area contributed by atoms with Gasteiger partial charge in [-0.1, -0.05) is 48.5 Å². The second-order valence-electron chi connectivity index (χ2n) is 7.15. The highest BCUT2D eigenvalue weighted by atomic mass is 16.5. The van der Waals surface area contributed by atoms with Gasteiger partial charge in [-0.15, -0.1) is 0 Å². The molecule has 0 unspecified atom stereocenters. The van der Waals surface area contributed by atoms with E-state index in [-0.39, 0.29) is 11.5 Å². The Hall–Kier alpha value is -4.63. The topological polar surface area (TPSA) is 92.3 Å². The highest BCUT2D eigenvalue weighted by molar-refractivity contribution is 6.12. The SMILES string of the molecule is CCOC(=O)c1ccc(-c2ccc(C=C(C#N)C(=O)Nc3cccc4ccccc34)o2)cc1. The summed E-state index contributed by atoms with van der Waals surface area (Å²) in [7, 11) is 0. The molecule has 1 N–H and O–H groups in total. The molecular weight excluding hydrogens is 416 g/mol. The third-order valence-electron chi connectivity index (χ3n) is 5.00. The van der Waals surface area contributed by atoms with Gasteiger partial charge in [0.2, 0.25) is 0 Å². The van der Waals surface area contributed by atoms with E-state index in [0.29, 0.717) is 29.4 Å². The van der Waals surface area contributed by atoms with Crippen LogP contribution in [0.3, 0.4) is 0 Å². The van der Waals surface area contributed by atoms with E-state index in [9.17, 15) is 14.9 Å². The molecule has 0 saturated heterocycles. The van der Waals surface area contributed by atoms with Crippen molar-refractivity contribution in [2.75, 3.05) is 11.9 Å². The maximum Gasteiger partial charge on any atom is 0.338 e. The van der Waals surface area contributed by atoms with Crippen molar-refractivity contribution in [3.63, 3.8) is 0 Å². The highest BCUT2D eigenvalue weighted by Crippen LogP contribution is 2.26. The van der Waals surface area contributed by atoms with Crippen LogP contribution in [0, 0.1) is 11.3 Å². The van der Waals surface area contributed by atoms with Crippen LogP contribution in [-0.4, -0.2) is 18.5 Å². The lowest BCUT2D eigenvalue weighted by atomic mass is 10.1. The fraction of sp³-hybridized carbons (Fsp3) is 0.0741. The third-order valence-corrected chi connectivity index (χ3v) is 5.00. The van der Waals surface area contributed by atoms with Gasteiger partial charge in [0.1, 0.15) is 23.2 Å². The van der Waals surface area contributed by atoms with E-state index in [2.05, 4.69) is 5.32 Å². The lowest BCUT2D eigenvalue weighted by Gasteiger charge is -2.08. The smallest absolute Gasteiger partial charge is 0.338 e. The van der Waals surface area contributed by atoms with Crippen LogP contribution in [0.4, 0.5) is 5.69 Å². The molecule has 0 aliphatic heterocycles. The number of benzene rings is 3. The van der Waals surface area contributed by atoms with Gasteiger partial charge >= 0.3 is 5.97 Å². The highest BCUT2D eigenvalue weighted by Gasteiger charge is 2.13. The van der Waals surface area contributed by atoms with Crippen molar-refractivity contribution in [2.24, 2.45) is 0 Å². The number of furan rings is 1. The summed E-state index contributed by atoms with van der Waals surface area (Å²) in [5.41, 5.74) is 1.74. The molecular formula is C27H20N2O4. The van der Waals surface area contributed by atoms with E-state index in [4.69, 9.17) is 9.15 Å². The molecule has 1 aromatic heterocycles. The molecule has 6 nitrogen and oxygen atoms in total. The molecule has 0 aliphatic carbocycles. The third kappa shape index (κ3) is 4.83. The van der Waals surface area contributed by atoms with E-state index in [1.807, 2.05) is 42.5 Å². The molecule has 1 heterocycles. The lowest BCUT2D eigenvalue weighted by Crippen LogP contribution is -2.13. The van der Waals surface area contributed by atoms with Crippen molar-refractivity contribution < 1.29 is 18.7 Å². The molecule has 0 saturated carbocycles. The van der Waals surface area contributed by atoms with Gasteiger partial charge in [0.05, 0.1) is 12.2 Å². The molecule has 4 aromatic rings. The second-order valence-corrected chi connectivity index (χ2v) is 7.15. The van der Waals surface area contributed by atoms with Crippen molar-refractivity contribution >= 4 is 34.4 Å². The quantitative estimate of drug-likeness (QED) is 0.233. The van der Waals surface area contributed by atoms with Gasteiger partial charge in [0.25, 0.3) is 5.91 Å². The molecule has 0 bridgehead atoms. The first-order valence-corrected chi connectivity index (χ1v) is 10.4. The number of carbonyl (C=O) groups excluding carboxylic acids is 2. The molecule has 0 atom stereocenters. The van der Waals surface area contributed by atoms with Crippen LogP contribution in [0.15, 0.2) is 88.9 Å². The first-order valence-electron chi connectivity index (χ1n) is 10.4. The number of carbonyl (C=O) groups is 2. The van der Waals surface area contributed by atoms with Crippen LogP contribution < -0.4 is 5.32 Å². The average Bonchev–Trinajstić information content (AvgIpc) is 3.31. The zero-order valence-corrected chi connectivity index (χ0v) is 17.9. The second kappa shape index (κ2) is 9.67. The molecule has 0 aliphatic rings. The monoisotopic (exact) mass is 436 g/mol.